The molecule has 2 N–H and O–H groups in total. The summed E-state index contributed by atoms with van der Waals surface area (Å²) in [5, 5.41) is 4.15. The second-order valence-electron chi connectivity index (χ2n) is 6.58. The Balaban J connectivity index is 1.91. The van der Waals surface area contributed by atoms with Crippen molar-refractivity contribution in [3.63, 3.8) is 0 Å². The van der Waals surface area contributed by atoms with E-state index in [2.05, 4.69) is 31.1 Å². The van der Waals surface area contributed by atoms with Gasteiger partial charge in [0, 0.05) is 29.2 Å². The van der Waals surface area contributed by atoms with Gasteiger partial charge in [0.05, 0.1) is 0 Å². The molecular formula is C18H26N2O. The number of aromatic nitrogens is 1. The summed E-state index contributed by atoms with van der Waals surface area (Å²) < 4.78 is 0. The quantitative estimate of drug-likeness (QED) is 0.723. The van der Waals surface area contributed by atoms with Crippen LogP contribution >= 0.6 is 0 Å². The smallest absolute Gasteiger partial charge is 0.251 e. The fourth-order valence-corrected chi connectivity index (χ4v) is 2.56. The lowest BCUT2D eigenvalue weighted by atomic mass is 9.87. The van der Waals surface area contributed by atoms with E-state index < -0.39 is 0 Å². The van der Waals surface area contributed by atoms with Crippen LogP contribution in [0.5, 0.6) is 0 Å². The molecule has 0 fully saturated rings. The van der Waals surface area contributed by atoms with E-state index in [0.29, 0.717) is 0 Å². The molecule has 1 amide bonds. The van der Waals surface area contributed by atoms with Crippen molar-refractivity contribution in [2.24, 2.45) is 5.41 Å². The first-order valence-electron chi connectivity index (χ1n) is 7.87. The van der Waals surface area contributed by atoms with Crippen LogP contribution in [0.2, 0.25) is 0 Å². The number of nitrogens with one attached hydrogen (secondary N) is 2. The molecule has 0 aliphatic heterocycles. The predicted molar refractivity (Wildman–Crippen MR) is 88.6 cm³/mol. The molecule has 114 valence electrons. The molecule has 2 rings (SSSR count). The predicted octanol–water partition coefficient (Wildman–Crippen LogP) is 4.50. The molecule has 0 atom stereocenters. The number of rotatable bonds is 7. The molecule has 21 heavy (non-hydrogen) atoms. The average molecular weight is 286 g/mol. The van der Waals surface area contributed by atoms with Gasteiger partial charge in [-0.15, -0.1) is 0 Å². The van der Waals surface area contributed by atoms with Crippen LogP contribution in [0.15, 0.2) is 30.5 Å². The van der Waals surface area contributed by atoms with Gasteiger partial charge < -0.3 is 10.3 Å². The summed E-state index contributed by atoms with van der Waals surface area (Å²) in [6.07, 6.45) is 6.77. The maximum absolute atomic E-state index is 12.3. The number of hydrogen-bond acceptors (Lipinski definition) is 1. The Morgan fingerprint density at radius 1 is 1.24 bits per heavy atom. The third-order valence-corrected chi connectivity index (χ3v) is 4.00. The molecular weight excluding hydrogens is 260 g/mol. The van der Waals surface area contributed by atoms with Gasteiger partial charge in [0.2, 0.25) is 0 Å². The minimum Gasteiger partial charge on any atom is -0.361 e. The lowest BCUT2D eigenvalue weighted by Gasteiger charge is -2.25. The van der Waals surface area contributed by atoms with Crippen LogP contribution in [0.3, 0.4) is 0 Å². The van der Waals surface area contributed by atoms with Crippen LogP contribution in [0.1, 0.15) is 56.8 Å². The van der Waals surface area contributed by atoms with Crippen LogP contribution in [-0.2, 0) is 0 Å². The van der Waals surface area contributed by atoms with E-state index in [-0.39, 0.29) is 11.3 Å². The van der Waals surface area contributed by atoms with Gasteiger partial charge in [-0.3, -0.25) is 4.79 Å². The van der Waals surface area contributed by atoms with Crippen molar-refractivity contribution in [3.8, 4) is 0 Å². The molecule has 1 aromatic heterocycles. The first kappa shape index (κ1) is 15.6. The van der Waals surface area contributed by atoms with E-state index in [1.54, 1.807) is 0 Å². The summed E-state index contributed by atoms with van der Waals surface area (Å²) in [6, 6.07) is 7.75. The third-order valence-electron chi connectivity index (χ3n) is 4.00. The standard InChI is InChI=1S/C18H26N2O/c1-4-5-6-10-18(2,3)13-20-17(21)15-7-8-16-14(12-15)9-11-19-16/h7-9,11-12,19H,4-6,10,13H2,1-3H3,(H,20,21). The molecule has 0 aliphatic rings. The molecule has 0 bridgehead atoms. The Bertz CT molecular complexity index is 598. The first-order valence-corrected chi connectivity index (χ1v) is 7.87. The summed E-state index contributed by atoms with van der Waals surface area (Å²) in [6.45, 7) is 7.38. The summed E-state index contributed by atoms with van der Waals surface area (Å²) >= 11 is 0. The highest BCUT2D eigenvalue weighted by Gasteiger charge is 2.18. The molecule has 1 aromatic carbocycles. The van der Waals surface area contributed by atoms with E-state index >= 15 is 0 Å². The maximum atomic E-state index is 12.3. The van der Waals surface area contributed by atoms with Gasteiger partial charge >= 0.3 is 0 Å². The van der Waals surface area contributed by atoms with Gasteiger partial charge in [-0.1, -0.05) is 40.0 Å². The average Bonchev–Trinajstić information content (AvgIpc) is 2.92. The van der Waals surface area contributed by atoms with E-state index in [1.807, 2.05) is 30.5 Å². The number of unbranched alkanes of at least 4 members (excludes halogenated alkanes) is 2. The van der Waals surface area contributed by atoms with Gasteiger partial charge in [-0.05, 0) is 36.1 Å². The van der Waals surface area contributed by atoms with Crippen molar-refractivity contribution >= 4 is 16.8 Å². The molecule has 1 heterocycles. The van der Waals surface area contributed by atoms with Crippen LogP contribution < -0.4 is 5.32 Å². The lowest BCUT2D eigenvalue weighted by molar-refractivity contribution is 0.0934. The van der Waals surface area contributed by atoms with Crippen LogP contribution in [0.25, 0.3) is 10.9 Å². The molecule has 3 heteroatoms. The molecule has 2 aromatic rings. The summed E-state index contributed by atoms with van der Waals surface area (Å²) in [7, 11) is 0. The Kier molecular flexibility index (Phi) is 5.05. The Hall–Kier alpha value is -1.77. The molecule has 0 saturated carbocycles. The zero-order valence-electron chi connectivity index (χ0n) is 13.3. The van der Waals surface area contributed by atoms with Gasteiger partial charge in [0.25, 0.3) is 5.91 Å². The van der Waals surface area contributed by atoms with Gasteiger partial charge in [-0.2, -0.15) is 0 Å². The molecule has 0 radical (unpaired) electrons. The molecule has 0 unspecified atom stereocenters. The highest BCUT2D eigenvalue weighted by molar-refractivity contribution is 5.98. The Labute approximate surface area is 127 Å². The van der Waals surface area contributed by atoms with E-state index in [0.717, 1.165) is 29.4 Å². The number of fused-ring (bicyclic) bond motifs is 1. The normalized spacial score (nSPS) is 11.8. The topological polar surface area (TPSA) is 44.9 Å². The summed E-state index contributed by atoms with van der Waals surface area (Å²) in [5.41, 5.74) is 1.95. The minimum atomic E-state index is 0.0154. The first-order chi connectivity index (χ1) is 10.0. The van der Waals surface area contributed by atoms with Crippen LogP contribution in [0, 0.1) is 5.41 Å². The number of carbonyl (C=O) groups excluding carboxylic acids is 1. The highest BCUT2D eigenvalue weighted by atomic mass is 16.1. The van der Waals surface area contributed by atoms with E-state index in [4.69, 9.17) is 0 Å². The summed E-state index contributed by atoms with van der Waals surface area (Å²) in [5.74, 6) is 0.0154. The van der Waals surface area contributed by atoms with Crippen molar-refractivity contribution in [1.82, 2.24) is 10.3 Å². The highest BCUT2D eigenvalue weighted by Crippen LogP contribution is 2.23. The molecule has 3 nitrogen and oxygen atoms in total. The number of aromatic amines is 1. The Morgan fingerprint density at radius 3 is 2.81 bits per heavy atom. The van der Waals surface area contributed by atoms with Crippen LogP contribution in [-0.4, -0.2) is 17.4 Å². The third kappa shape index (κ3) is 4.35. The number of H-pyrrole nitrogens is 1. The number of carbonyl (C=O) groups is 1. The fraction of sp³-hybridized carbons (Fsp3) is 0.500. The van der Waals surface area contributed by atoms with Crippen molar-refractivity contribution in [3.05, 3.63) is 36.0 Å². The molecule has 0 saturated heterocycles. The molecule has 0 spiro atoms. The van der Waals surface area contributed by atoms with Crippen molar-refractivity contribution in [2.75, 3.05) is 6.54 Å². The van der Waals surface area contributed by atoms with Crippen molar-refractivity contribution in [1.29, 1.82) is 0 Å². The minimum absolute atomic E-state index is 0.0154. The molecule has 0 aliphatic carbocycles. The van der Waals surface area contributed by atoms with Crippen LogP contribution in [0.4, 0.5) is 0 Å². The number of amides is 1. The monoisotopic (exact) mass is 286 g/mol. The summed E-state index contributed by atoms with van der Waals surface area (Å²) in [4.78, 5) is 15.4. The fourth-order valence-electron chi connectivity index (χ4n) is 2.56. The maximum Gasteiger partial charge on any atom is 0.251 e. The van der Waals surface area contributed by atoms with Crippen molar-refractivity contribution < 1.29 is 4.79 Å². The van der Waals surface area contributed by atoms with E-state index in [9.17, 15) is 4.79 Å². The van der Waals surface area contributed by atoms with Gasteiger partial charge in [0.1, 0.15) is 0 Å². The second-order valence-corrected chi connectivity index (χ2v) is 6.58. The number of benzene rings is 1. The lowest BCUT2D eigenvalue weighted by Crippen LogP contribution is -2.34. The largest absolute Gasteiger partial charge is 0.361 e. The number of hydrogen-bond donors (Lipinski definition) is 2. The van der Waals surface area contributed by atoms with Gasteiger partial charge in [0.15, 0.2) is 0 Å². The van der Waals surface area contributed by atoms with Crippen molar-refractivity contribution in [2.45, 2.75) is 46.5 Å². The van der Waals surface area contributed by atoms with Gasteiger partial charge in [-0.25, -0.2) is 0 Å². The SMILES string of the molecule is CCCCCC(C)(C)CNC(=O)c1ccc2[nH]ccc2c1. The zero-order valence-corrected chi connectivity index (χ0v) is 13.3. The second kappa shape index (κ2) is 6.79. The Morgan fingerprint density at radius 2 is 2.05 bits per heavy atom. The van der Waals surface area contributed by atoms with E-state index in [1.165, 1.54) is 19.3 Å². The zero-order chi connectivity index (χ0) is 15.3.